The van der Waals surface area contributed by atoms with Crippen molar-refractivity contribution >= 4 is 16.6 Å². The zero-order valence-electron chi connectivity index (χ0n) is 10.4. The van der Waals surface area contributed by atoms with E-state index in [-0.39, 0.29) is 17.7 Å². The predicted octanol–water partition coefficient (Wildman–Crippen LogP) is 0.110. The number of hydrogen-bond acceptors (Lipinski definition) is 5. The molecule has 0 unspecified atom stereocenters. The molecular formula is C13H11N5O2. The van der Waals surface area contributed by atoms with Crippen molar-refractivity contribution < 1.29 is 0 Å². The van der Waals surface area contributed by atoms with Gasteiger partial charge in [0.2, 0.25) is 0 Å². The van der Waals surface area contributed by atoms with Crippen LogP contribution in [0.1, 0.15) is 5.69 Å². The van der Waals surface area contributed by atoms with Gasteiger partial charge in [0.25, 0.3) is 11.1 Å². The lowest BCUT2D eigenvalue weighted by Gasteiger charge is -2.06. The van der Waals surface area contributed by atoms with Gasteiger partial charge < -0.3 is 5.73 Å². The number of aromatic amines is 1. The molecule has 0 bridgehead atoms. The minimum atomic E-state index is -0.316. The Bertz CT molecular complexity index is 880. The molecule has 0 atom stereocenters. The Morgan fingerprint density at radius 3 is 2.55 bits per heavy atom. The first-order valence-electron chi connectivity index (χ1n) is 5.93. The molecule has 20 heavy (non-hydrogen) atoms. The molecule has 0 radical (unpaired) electrons. The van der Waals surface area contributed by atoms with Crippen LogP contribution in [0.15, 0.2) is 46.2 Å². The first kappa shape index (κ1) is 12.1. The molecule has 3 aromatic rings. The van der Waals surface area contributed by atoms with Crippen molar-refractivity contribution in [3.05, 3.63) is 63.1 Å². The van der Waals surface area contributed by atoms with Crippen LogP contribution in [0.2, 0.25) is 0 Å². The van der Waals surface area contributed by atoms with Gasteiger partial charge in [0, 0.05) is 0 Å². The standard InChI is InChI=1S/C13H11N5O2/c14-11-6-15-8(5-16-11)7-18-13(20)10-4-2-1-3-9(10)12(19)17-18/h1-6H,7H2,(H2,14,16)(H,17,19). The van der Waals surface area contributed by atoms with Crippen molar-refractivity contribution in [3.8, 4) is 0 Å². The van der Waals surface area contributed by atoms with Gasteiger partial charge in [0.05, 0.1) is 35.4 Å². The van der Waals surface area contributed by atoms with E-state index in [2.05, 4.69) is 15.1 Å². The summed E-state index contributed by atoms with van der Waals surface area (Å²) in [6.45, 7) is 0.131. The average Bonchev–Trinajstić information content (AvgIpc) is 2.47. The number of nitrogens with two attached hydrogens (primary N) is 1. The molecule has 0 spiro atoms. The fourth-order valence-corrected chi connectivity index (χ4v) is 1.97. The number of anilines is 1. The lowest BCUT2D eigenvalue weighted by molar-refractivity contribution is 0.624. The van der Waals surface area contributed by atoms with Gasteiger partial charge in [-0.15, -0.1) is 0 Å². The van der Waals surface area contributed by atoms with E-state index < -0.39 is 0 Å². The van der Waals surface area contributed by atoms with Crippen molar-refractivity contribution in [2.45, 2.75) is 6.54 Å². The van der Waals surface area contributed by atoms with Gasteiger partial charge in [-0.25, -0.2) is 9.67 Å². The number of fused-ring (bicyclic) bond motifs is 1. The number of nitrogens with zero attached hydrogens (tertiary/aromatic N) is 3. The second kappa shape index (κ2) is 4.61. The summed E-state index contributed by atoms with van der Waals surface area (Å²) in [6, 6.07) is 6.67. The molecule has 3 N–H and O–H groups in total. The molecule has 0 aliphatic carbocycles. The maximum atomic E-state index is 12.3. The fourth-order valence-electron chi connectivity index (χ4n) is 1.97. The van der Waals surface area contributed by atoms with Crippen LogP contribution in [0.5, 0.6) is 0 Å². The Balaban J connectivity index is 2.13. The maximum absolute atomic E-state index is 12.3. The third-order valence-corrected chi connectivity index (χ3v) is 2.93. The number of hydrogen-bond donors (Lipinski definition) is 2. The lowest BCUT2D eigenvalue weighted by atomic mass is 10.2. The normalized spacial score (nSPS) is 10.8. The molecule has 0 saturated carbocycles. The molecule has 100 valence electrons. The van der Waals surface area contributed by atoms with Crippen LogP contribution in [0, 0.1) is 0 Å². The summed E-state index contributed by atoms with van der Waals surface area (Å²) in [4.78, 5) is 32.1. The summed E-state index contributed by atoms with van der Waals surface area (Å²) in [5.74, 6) is 0.299. The molecule has 7 heteroatoms. The van der Waals surface area contributed by atoms with Crippen molar-refractivity contribution in [2.75, 3.05) is 5.73 Å². The third-order valence-electron chi connectivity index (χ3n) is 2.93. The Morgan fingerprint density at radius 1 is 1.10 bits per heavy atom. The van der Waals surface area contributed by atoms with Crippen LogP contribution in [0.3, 0.4) is 0 Å². The highest BCUT2D eigenvalue weighted by Gasteiger charge is 2.07. The van der Waals surface area contributed by atoms with Crippen LogP contribution in [0.4, 0.5) is 5.82 Å². The summed E-state index contributed by atoms with van der Waals surface area (Å²) in [7, 11) is 0. The van der Waals surface area contributed by atoms with Crippen LogP contribution in [0.25, 0.3) is 10.8 Å². The van der Waals surface area contributed by atoms with E-state index in [1.54, 1.807) is 24.3 Å². The molecule has 0 amide bonds. The SMILES string of the molecule is Nc1cnc(Cn2[nH]c(=O)c3ccccc3c2=O)cn1. The van der Waals surface area contributed by atoms with Gasteiger partial charge in [-0.2, -0.15) is 0 Å². The molecule has 0 aliphatic rings. The zero-order valence-corrected chi connectivity index (χ0v) is 10.4. The van der Waals surface area contributed by atoms with Crippen LogP contribution < -0.4 is 16.9 Å². The molecular weight excluding hydrogens is 258 g/mol. The second-order valence-corrected chi connectivity index (χ2v) is 4.31. The number of nitrogens with one attached hydrogen (secondary N) is 1. The zero-order chi connectivity index (χ0) is 14.1. The summed E-state index contributed by atoms with van der Waals surface area (Å²) < 4.78 is 1.21. The van der Waals surface area contributed by atoms with Crippen molar-refractivity contribution in [3.63, 3.8) is 0 Å². The van der Waals surface area contributed by atoms with Gasteiger partial charge in [-0.05, 0) is 12.1 Å². The summed E-state index contributed by atoms with van der Waals surface area (Å²) >= 11 is 0. The van der Waals surface area contributed by atoms with E-state index in [4.69, 9.17) is 5.73 Å². The van der Waals surface area contributed by atoms with Crippen LogP contribution in [-0.4, -0.2) is 19.7 Å². The van der Waals surface area contributed by atoms with E-state index in [0.29, 0.717) is 22.3 Å². The topological polar surface area (TPSA) is 107 Å². The third kappa shape index (κ3) is 2.05. The van der Waals surface area contributed by atoms with Crippen LogP contribution >= 0.6 is 0 Å². The van der Waals surface area contributed by atoms with Gasteiger partial charge >= 0.3 is 0 Å². The number of aromatic nitrogens is 4. The summed E-state index contributed by atoms with van der Waals surface area (Å²) in [5.41, 5.74) is 5.39. The lowest BCUT2D eigenvalue weighted by Crippen LogP contribution is -2.30. The maximum Gasteiger partial charge on any atom is 0.273 e. The highest BCUT2D eigenvalue weighted by molar-refractivity contribution is 5.80. The molecule has 3 rings (SSSR count). The molecule has 0 saturated heterocycles. The van der Waals surface area contributed by atoms with E-state index in [1.807, 2.05) is 0 Å². The quantitative estimate of drug-likeness (QED) is 0.686. The smallest absolute Gasteiger partial charge is 0.273 e. The van der Waals surface area contributed by atoms with Gasteiger partial charge in [0.1, 0.15) is 5.82 Å². The Labute approximate surface area is 112 Å². The largest absolute Gasteiger partial charge is 0.382 e. The minimum Gasteiger partial charge on any atom is -0.382 e. The van der Waals surface area contributed by atoms with Crippen molar-refractivity contribution in [1.29, 1.82) is 0 Å². The molecule has 0 fully saturated rings. The van der Waals surface area contributed by atoms with Gasteiger partial charge in [0.15, 0.2) is 0 Å². The predicted molar refractivity (Wildman–Crippen MR) is 74.4 cm³/mol. The van der Waals surface area contributed by atoms with E-state index >= 15 is 0 Å². The Hall–Kier alpha value is -2.96. The highest BCUT2D eigenvalue weighted by atomic mass is 16.2. The Kier molecular flexibility index (Phi) is 2.79. The number of H-pyrrole nitrogens is 1. The van der Waals surface area contributed by atoms with E-state index in [9.17, 15) is 9.59 Å². The molecule has 0 aliphatic heterocycles. The number of nitrogen functional groups attached to an aromatic ring is 1. The van der Waals surface area contributed by atoms with Crippen molar-refractivity contribution in [1.82, 2.24) is 19.7 Å². The second-order valence-electron chi connectivity index (χ2n) is 4.31. The van der Waals surface area contributed by atoms with Crippen LogP contribution in [-0.2, 0) is 6.54 Å². The number of benzene rings is 1. The van der Waals surface area contributed by atoms with Gasteiger partial charge in [-0.1, -0.05) is 12.1 Å². The molecule has 7 nitrogen and oxygen atoms in total. The monoisotopic (exact) mass is 269 g/mol. The summed E-state index contributed by atoms with van der Waals surface area (Å²) in [6.07, 6.45) is 2.87. The van der Waals surface area contributed by atoms with E-state index in [1.165, 1.54) is 17.1 Å². The minimum absolute atomic E-state index is 0.131. The number of rotatable bonds is 2. The van der Waals surface area contributed by atoms with E-state index in [0.717, 1.165) is 0 Å². The Morgan fingerprint density at radius 2 is 1.85 bits per heavy atom. The first-order valence-corrected chi connectivity index (χ1v) is 5.93. The molecule has 1 aromatic carbocycles. The highest BCUT2D eigenvalue weighted by Crippen LogP contribution is 2.03. The molecule has 2 aromatic heterocycles. The van der Waals surface area contributed by atoms with Crippen molar-refractivity contribution in [2.24, 2.45) is 0 Å². The average molecular weight is 269 g/mol. The fraction of sp³-hybridized carbons (Fsp3) is 0.0769. The summed E-state index contributed by atoms with van der Waals surface area (Å²) in [5, 5.41) is 3.28. The van der Waals surface area contributed by atoms with Gasteiger partial charge in [-0.3, -0.25) is 19.7 Å². The molecule has 2 heterocycles. The first-order chi connectivity index (χ1) is 9.65.